The van der Waals surface area contributed by atoms with Gasteiger partial charge in [0, 0.05) is 30.5 Å². The summed E-state index contributed by atoms with van der Waals surface area (Å²) in [6.45, 7) is 1.91. The molecule has 0 bridgehead atoms. The number of pyridine rings is 1. The number of aromatic nitrogens is 5. The van der Waals surface area contributed by atoms with Gasteiger partial charge < -0.3 is 4.57 Å². The van der Waals surface area contributed by atoms with Crippen LogP contribution in [0.25, 0.3) is 16.6 Å². The highest BCUT2D eigenvalue weighted by atomic mass is 32.2. The predicted molar refractivity (Wildman–Crippen MR) is 149 cm³/mol. The molecule has 8 nitrogen and oxygen atoms in total. The Morgan fingerprint density at radius 3 is 2.44 bits per heavy atom. The normalized spacial score (nSPS) is 16.9. The first-order valence-electron chi connectivity index (χ1n) is 13.3. The number of fused-ring (bicyclic) bond motifs is 1. The summed E-state index contributed by atoms with van der Waals surface area (Å²) < 4.78 is 32.2. The molecule has 0 unspecified atom stereocenters. The zero-order valence-corrected chi connectivity index (χ0v) is 22.7. The second-order valence-corrected chi connectivity index (χ2v) is 12.8. The van der Waals surface area contributed by atoms with Crippen LogP contribution in [0.5, 0.6) is 0 Å². The highest BCUT2D eigenvalue weighted by Crippen LogP contribution is 2.48. The van der Waals surface area contributed by atoms with Gasteiger partial charge in [-0.1, -0.05) is 36.2 Å². The van der Waals surface area contributed by atoms with Crippen molar-refractivity contribution in [2.75, 3.05) is 0 Å². The summed E-state index contributed by atoms with van der Waals surface area (Å²) in [5.41, 5.74) is 3.38. The predicted octanol–water partition coefficient (Wildman–Crippen LogP) is 4.81. The van der Waals surface area contributed by atoms with Crippen molar-refractivity contribution in [3.63, 3.8) is 0 Å². The Hall–Kier alpha value is -3.98. The fraction of sp³-hybridized carbons (Fsp3) is 0.300. The van der Waals surface area contributed by atoms with Gasteiger partial charge in [0.15, 0.2) is 0 Å². The van der Waals surface area contributed by atoms with Gasteiger partial charge in [-0.15, -0.1) is 10.2 Å². The number of hydrogen-bond donors (Lipinski definition) is 0. The van der Waals surface area contributed by atoms with Crippen molar-refractivity contribution >= 4 is 20.9 Å². The van der Waals surface area contributed by atoms with Crippen LogP contribution < -0.4 is 5.56 Å². The minimum Gasteiger partial charge on any atom is -0.320 e. The Morgan fingerprint density at radius 1 is 1.03 bits per heavy atom. The van der Waals surface area contributed by atoms with E-state index in [1.165, 1.54) is 6.20 Å². The van der Waals surface area contributed by atoms with Gasteiger partial charge in [0.1, 0.15) is 17.7 Å². The van der Waals surface area contributed by atoms with Crippen LogP contribution in [0.2, 0.25) is 0 Å². The quantitative estimate of drug-likeness (QED) is 0.309. The molecule has 0 amide bonds. The van der Waals surface area contributed by atoms with Crippen LogP contribution in [0.3, 0.4) is 0 Å². The van der Waals surface area contributed by atoms with E-state index in [-0.39, 0.29) is 21.4 Å². The number of nitrogens with zero attached hydrogens (tertiary/aromatic N) is 5. The maximum atomic E-state index is 14.1. The maximum Gasteiger partial charge on any atom is 0.280 e. The lowest BCUT2D eigenvalue weighted by atomic mass is 9.63. The largest absolute Gasteiger partial charge is 0.320 e. The van der Waals surface area contributed by atoms with E-state index in [1.807, 2.05) is 36.9 Å². The molecule has 3 aromatic heterocycles. The maximum absolute atomic E-state index is 14.1. The van der Waals surface area contributed by atoms with E-state index in [0.29, 0.717) is 11.3 Å². The molecule has 2 aromatic carbocycles. The Bertz CT molecular complexity index is 1910. The fourth-order valence-electron chi connectivity index (χ4n) is 6.02. The van der Waals surface area contributed by atoms with Gasteiger partial charge >= 0.3 is 0 Å². The van der Waals surface area contributed by atoms with E-state index in [0.717, 1.165) is 64.3 Å². The van der Waals surface area contributed by atoms with Crippen LogP contribution in [0.4, 0.5) is 0 Å². The molecule has 0 atom stereocenters. The summed E-state index contributed by atoms with van der Waals surface area (Å²) in [5, 5.41) is 9.26. The average Bonchev–Trinajstić information content (AvgIpc) is 3.49. The van der Waals surface area contributed by atoms with E-state index in [9.17, 15) is 13.2 Å². The van der Waals surface area contributed by atoms with Crippen molar-refractivity contribution in [3.8, 4) is 5.69 Å². The highest BCUT2D eigenvalue weighted by Gasteiger charge is 2.44. The van der Waals surface area contributed by atoms with E-state index in [4.69, 9.17) is 0 Å². The third-order valence-electron chi connectivity index (χ3n) is 8.47. The lowest BCUT2D eigenvalue weighted by molar-refractivity contribution is 0.278. The lowest BCUT2D eigenvalue weighted by Gasteiger charge is -2.41. The third-order valence-corrected chi connectivity index (χ3v) is 10.2. The van der Waals surface area contributed by atoms with Crippen LogP contribution in [0, 0.1) is 6.92 Å². The Morgan fingerprint density at radius 2 is 1.79 bits per heavy atom. The minimum absolute atomic E-state index is 0.158. The van der Waals surface area contributed by atoms with Gasteiger partial charge in [0.25, 0.3) is 15.6 Å². The number of aryl methyl sites for hydroxylation is 2. The molecule has 0 N–H and O–H groups in total. The van der Waals surface area contributed by atoms with Crippen molar-refractivity contribution in [2.45, 2.75) is 55.3 Å². The van der Waals surface area contributed by atoms with Crippen molar-refractivity contribution in [1.29, 1.82) is 0 Å². The van der Waals surface area contributed by atoms with Crippen molar-refractivity contribution < 1.29 is 8.42 Å². The molecule has 2 aliphatic rings. The van der Waals surface area contributed by atoms with Crippen LogP contribution in [0.1, 0.15) is 60.5 Å². The lowest BCUT2D eigenvalue weighted by Crippen LogP contribution is -2.38. The molecule has 0 aliphatic heterocycles. The smallest absolute Gasteiger partial charge is 0.280 e. The Balaban J connectivity index is 1.43. The van der Waals surface area contributed by atoms with Gasteiger partial charge in [-0.05, 0) is 80.0 Å². The number of benzene rings is 2. The minimum atomic E-state index is -3.96. The number of hydrogen-bond acceptors (Lipinski definition) is 5. The van der Waals surface area contributed by atoms with Gasteiger partial charge in [-0.25, -0.2) is 12.4 Å². The van der Waals surface area contributed by atoms with E-state index in [1.54, 1.807) is 41.2 Å². The van der Waals surface area contributed by atoms with Crippen LogP contribution in [-0.2, 0) is 22.5 Å². The van der Waals surface area contributed by atoms with Gasteiger partial charge in [-0.3, -0.25) is 9.36 Å². The van der Waals surface area contributed by atoms with E-state index >= 15 is 0 Å². The summed E-state index contributed by atoms with van der Waals surface area (Å²) in [6.07, 6.45) is 10.2. The summed E-state index contributed by atoms with van der Waals surface area (Å²) in [6, 6.07) is 16.5. The standard InChI is InChI=1S/C30H29N5O3S/c1-20-7-11-24(12-8-20)39(37,38)35-16-13-25-26(21-9-10-21)18-34(28(36)27(25)35)23-6-3-5-22(17-23)30(14-4-15-30)29-32-31-19-33(29)2/h3,5-8,11-13,16-19,21H,4,9-10,14-15H2,1-2H3. The molecular weight excluding hydrogens is 510 g/mol. The molecule has 9 heteroatoms. The summed E-state index contributed by atoms with van der Waals surface area (Å²) in [4.78, 5) is 14.3. The molecule has 0 spiro atoms. The molecule has 2 fully saturated rings. The van der Waals surface area contributed by atoms with Crippen molar-refractivity contribution in [2.24, 2.45) is 7.05 Å². The molecule has 39 heavy (non-hydrogen) atoms. The second-order valence-electron chi connectivity index (χ2n) is 11.0. The molecule has 3 heterocycles. The van der Waals surface area contributed by atoms with E-state index in [2.05, 4.69) is 22.3 Å². The van der Waals surface area contributed by atoms with Crippen LogP contribution >= 0.6 is 0 Å². The highest BCUT2D eigenvalue weighted by molar-refractivity contribution is 7.90. The first-order chi connectivity index (χ1) is 18.8. The Kier molecular flexibility index (Phi) is 5.26. The first-order valence-corrected chi connectivity index (χ1v) is 14.8. The Labute approximate surface area is 226 Å². The molecule has 7 rings (SSSR count). The van der Waals surface area contributed by atoms with Gasteiger partial charge in [0.05, 0.1) is 10.3 Å². The van der Waals surface area contributed by atoms with Crippen LogP contribution in [0.15, 0.2) is 83.0 Å². The molecule has 0 saturated heterocycles. The monoisotopic (exact) mass is 539 g/mol. The summed E-state index contributed by atoms with van der Waals surface area (Å²) >= 11 is 0. The summed E-state index contributed by atoms with van der Waals surface area (Å²) in [7, 11) is -2.00. The van der Waals surface area contributed by atoms with Crippen molar-refractivity contribution in [3.05, 3.63) is 106 Å². The average molecular weight is 540 g/mol. The molecule has 198 valence electrons. The van der Waals surface area contributed by atoms with Gasteiger partial charge in [-0.2, -0.15) is 0 Å². The molecular formula is C30H29N5O3S. The SMILES string of the molecule is Cc1ccc(S(=O)(=O)n2ccc3c(C4CC4)cn(-c4cccc(C5(c6nncn6C)CCC5)c4)c(=O)c32)cc1. The topological polar surface area (TPSA) is 91.8 Å². The second kappa shape index (κ2) is 8.51. The molecule has 5 aromatic rings. The van der Waals surface area contributed by atoms with Gasteiger partial charge in [0.2, 0.25) is 0 Å². The molecule has 2 aliphatic carbocycles. The fourth-order valence-corrected chi connectivity index (χ4v) is 7.36. The summed E-state index contributed by atoms with van der Waals surface area (Å²) in [5.74, 6) is 1.24. The molecule has 2 saturated carbocycles. The molecule has 0 radical (unpaired) electrons. The van der Waals surface area contributed by atoms with E-state index < -0.39 is 10.0 Å². The zero-order chi connectivity index (χ0) is 26.9. The van der Waals surface area contributed by atoms with Crippen LogP contribution in [-0.4, -0.2) is 31.7 Å². The number of rotatable bonds is 6. The van der Waals surface area contributed by atoms with Crippen molar-refractivity contribution in [1.82, 2.24) is 23.3 Å². The zero-order valence-electron chi connectivity index (χ0n) is 21.9. The third kappa shape index (κ3) is 3.63. The first kappa shape index (κ1) is 24.1.